The minimum absolute atomic E-state index is 0.427. The maximum Gasteiger partial charge on any atom is 0.272 e. The molecule has 1 N–H and O–H groups in total. The quantitative estimate of drug-likeness (QED) is 0.611. The predicted molar refractivity (Wildman–Crippen MR) is 102 cm³/mol. The van der Waals surface area contributed by atoms with Crippen LogP contribution in [0.2, 0.25) is 0 Å². The third kappa shape index (κ3) is 3.86. The number of anilines is 1. The number of aryl methyl sites for hydroxylation is 2. The Hall–Kier alpha value is -2.32. The topological polar surface area (TPSA) is 98.2 Å². The first kappa shape index (κ1) is 18.1. The van der Waals surface area contributed by atoms with Crippen LogP contribution in [0.25, 0.3) is 0 Å². The van der Waals surface area contributed by atoms with Crippen molar-refractivity contribution >= 4 is 11.9 Å². The van der Waals surface area contributed by atoms with Crippen LogP contribution in [-0.4, -0.2) is 29.5 Å². The van der Waals surface area contributed by atoms with Crippen molar-refractivity contribution in [2.45, 2.75) is 90.1 Å². The van der Waals surface area contributed by atoms with Gasteiger partial charge in [0.05, 0.1) is 0 Å². The molecule has 2 aliphatic carbocycles. The van der Waals surface area contributed by atoms with Crippen LogP contribution in [0.5, 0.6) is 0 Å². The Labute approximate surface area is 159 Å². The van der Waals surface area contributed by atoms with Crippen molar-refractivity contribution < 1.29 is 0 Å². The molecule has 9 heteroatoms. The van der Waals surface area contributed by atoms with Gasteiger partial charge in [-0.1, -0.05) is 48.9 Å². The normalized spacial score (nSPS) is 19.8. The molecule has 0 atom stereocenters. The lowest BCUT2D eigenvalue weighted by atomic mass is 9.95. The monoisotopic (exact) mass is 371 g/mol. The summed E-state index contributed by atoms with van der Waals surface area (Å²) in [6, 6.07) is 0.871. The summed E-state index contributed by atoms with van der Waals surface area (Å²) in [5.74, 6) is 3.04. The molecule has 0 aliphatic heterocycles. The Kier molecular flexibility index (Phi) is 5.45. The fourth-order valence-electron chi connectivity index (χ4n) is 4.53. The third-order valence-corrected chi connectivity index (χ3v) is 5.88. The number of nitrogens with zero attached hydrogens (tertiary/aromatic N) is 8. The van der Waals surface area contributed by atoms with Gasteiger partial charge in [0.2, 0.25) is 5.95 Å². The van der Waals surface area contributed by atoms with E-state index in [9.17, 15) is 0 Å². The summed E-state index contributed by atoms with van der Waals surface area (Å²) >= 11 is 0. The molecule has 4 rings (SSSR count). The molecule has 2 aliphatic rings. The molecule has 0 amide bonds. The highest BCUT2D eigenvalue weighted by atomic mass is 15.5. The first-order chi connectivity index (χ1) is 13.2. The maximum atomic E-state index is 4.32. The standard InChI is InChI=1S/C18H29N9/c1-13-19-21-17(26(13)15-9-5-3-6-10-15)23-25-24-18-22-20-14(2)27(18)16-11-7-4-8-12-16/h15-16H,3-12H2,1-2H3,(H,21,22,23,24). The smallest absolute Gasteiger partial charge is 0.272 e. The first-order valence-electron chi connectivity index (χ1n) is 10.2. The van der Waals surface area contributed by atoms with Crippen LogP contribution in [0, 0.1) is 13.8 Å². The van der Waals surface area contributed by atoms with Gasteiger partial charge in [0.15, 0.2) is 0 Å². The molecule has 2 aromatic rings. The van der Waals surface area contributed by atoms with Gasteiger partial charge in [-0.15, -0.1) is 20.4 Å². The fourth-order valence-corrected chi connectivity index (χ4v) is 4.53. The SMILES string of the molecule is Cc1nnc(N=NNc2nnc(C)n2C2CCCCC2)n1C1CCCCC1. The molecule has 0 aromatic carbocycles. The number of hydrogen-bond acceptors (Lipinski definition) is 6. The average Bonchev–Trinajstić information content (AvgIpc) is 3.26. The number of rotatable bonds is 5. The summed E-state index contributed by atoms with van der Waals surface area (Å²) < 4.78 is 4.29. The summed E-state index contributed by atoms with van der Waals surface area (Å²) in [5, 5.41) is 25.4. The van der Waals surface area contributed by atoms with Crippen LogP contribution in [0.3, 0.4) is 0 Å². The average molecular weight is 371 g/mol. The van der Waals surface area contributed by atoms with Crippen molar-refractivity contribution in [2.75, 3.05) is 5.43 Å². The first-order valence-corrected chi connectivity index (χ1v) is 10.2. The van der Waals surface area contributed by atoms with E-state index < -0.39 is 0 Å². The van der Waals surface area contributed by atoms with Gasteiger partial charge in [0.1, 0.15) is 11.6 Å². The largest absolute Gasteiger partial charge is 0.293 e. The summed E-state index contributed by atoms with van der Waals surface area (Å²) in [7, 11) is 0. The molecular formula is C18H29N9. The van der Waals surface area contributed by atoms with Crippen molar-refractivity contribution in [3.63, 3.8) is 0 Å². The molecule has 9 nitrogen and oxygen atoms in total. The zero-order valence-corrected chi connectivity index (χ0v) is 16.3. The van der Waals surface area contributed by atoms with Gasteiger partial charge in [0.25, 0.3) is 5.95 Å². The highest BCUT2D eigenvalue weighted by Crippen LogP contribution is 2.33. The van der Waals surface area contributed by atoms with E-state index in [1.54, 1.807) is 0 Å². The Bertz CT molecular complexity index is 779. The minimum Gasteiger partial charge on any atom is -0.293 e. The Morgan fingerprint density at radius 3 is 1.96 bits per heavy atom. The molecule has 146 valence electrons. The number of nitrogens with one attached hydrogen (secondary N) is 1. The molecule has 0 radical (unpaired) electrons. The van der Waals surface area contributed by atoms with Gasteiger partial charge in [-0.05, 0) is 39.5 Å². The highest BCUT2D eigenvalue weighted by Gasteiger charge is 2.22. The minimum atomic E-state index is 0.427. The van der Waals surface area contributed by atoms with E-state index in [-0.39, 0.29) is 0 Å². The van der Waals surface area contributed by atoms with Gasteiger partial charge in [-0.3, -0.25) is 9.13 Å². The van der Waals surface area contributed by atoms with Gasteiger partial charge in [0, 0.05) is 12.1 Å². The van der Waals surface area contributed by atoms with Crippen molar-refractivity contribution in [1.29, 1.82) is 0 Å². The molecule has 0 bridgehead atoms. The van der Waals surface area contributed by atoms with Crippen molar-refractivity contribution in [2.24, 2.45) is 10.3 Å². The molecular weight excluding hydrogens is 342 g/mol. The van der Waals surface area contributed by atoms with Crippen molar-refractivity contribution in [1.82, 2.24) is 29.5 Å². The molecule has 2 aromatic heterocycles. The van der Waals surface area contributed by atoms with Crippen molar-refractivity contribution in [3.8, 4) is 0 Å². The zero-order chi connectivity index (χ0) is 18.6. The van der Waals surface area contributed by atoms with E-state index in [0.717, 1.165) is 24.5 Å². The fraction of sp³-hybridized carbons (Fsp3) is 0.778. The summed E-state index contributed by atoms with van der Waals surface area (Å²) in [5.41, 5.74) is 2.99. The summed E-state index contributed by atoms with van der Waals surface area (Å²) in [4.78, 5) is 0. The van der Waals surface area contributed by atoms with E-state index in [1.165, 1.54) is 51.4 Å². The van der Waals surface area contributed by atoms with Gasteiger partial charge in [-0.25, -0.2) is 5.43 Å². The van der Waals surface area contributed by atoms with Crippen molar-refractivity contribution in [3.05, 3.63) is 11.6 Å². The third-order valence-electron chi connectivity index (χ3n) is 5.88. The van der Waals surface area contributed by atoms with E-state index in [1.807, 2.05) is 13.8 Å². The predicted octanol–water partition coefficient (Wildman–Crippen LogP) is 4.61. The second kappa shape index (κ2) is 8.14. The zero-order valence-electron chi connectivity index (χ0n) is 16.3. The molecule has 0 spiro atoms. The van der Waals surface area contributed by atoms with Crippen LogP contribution >= 0.6 is 0 Å². The van der Waals surface area contributed by atoms with Gasteiger partial charge >= 0.3 is 0 Å². The lowest BCUT2D eigenvalue weighted by molar-refractivity contribution is 0.349. The molecule has 0 unspecified atom stereocenters. The van der Waals surface area contributed by atoms with Crippen LogP contribution in [0.15, 0.2) is 10.3 Å². The van der Waals surface area contributed by atoms with Gasteiger partial charge in [-0.2, -0.15) is 0 Å². The van der Waals surface area contributed by atoms with E-state index >= 15 is 0 Å². The summed E-state index contributed by atoms with van der Waals surface area (Å²) in [6.45, 7) is 3.98. The second-order valence-electron chi connectivity index (χ2n) is 7.75. The molecule has 2 fully saturated rings. The van der Waals surface area contributed by atoms with Crippen LogP contribution in [0.4, 0.5) is 11.9 Å². The Morgan fingerprint density at radius 2 is 1.30 bits per heavy atom. The van der Waals surface area contributed by atoms with E-state index in [0.29, 0.717) is 24.0 Å². The molecule has 27 heavy (non-hydrogen) atoms. The maximum absolute atomic E-state index is 4.32. The second-order valence-corrected chi connectivity index (χ2v) is 7.75. The lowest BCUT2D eigenvalue weighted by Crippen LogP contribution is -2.16. The molecule has 2 heterocycles. The Morgan fingerprint density at radius 1 is 0.741 bits per heavy atom. The number of aromatic nitrogens is 6. The van der Waals surface area contributed by atoms with E-state index in [4.69, 9.17) is 0 Å². The van der Waals surface area contributed by atoms with Crippen LogP contribution in [-0.2, 0) is 0 Å². The highest BCUT2D eigenvalue weighted by molar-refractivity contribution is 5.26. The number of hydrogen-bond donors (Lipinski definition) is 1. The van der Waals surface area contributed by atoms with Crippen LogP contribution in [0.1, 0.15) is 87.9 Å². The Balaban J connectivity index is 1.49. The molecule has 2 saturated carbocycles. The lowest BCUT2D eigenvalue weighted by Gasteiger charge is -2.24. The van der Waals surface area contributed by atoms with Gasteiger partial charge < -0.3 is 0 Å². The van der Waals surface area contributed by atoms with E-state index in [2.05, 4.69) is 45.3 Å². The summed E-state index contributed by atoms with van der Waals surface area (Å²) in [6.07, 6.45) is 12.3. The van der Waals surface area contributed by atoms with Crippen LogP contribution < -0.4 is 5.43 Å². The molecule has 0 saturated heterocycles.